The molecule has 0 radical (unpaired) electrons. The van der Waals surface area contributed by atoms with Crippen molar-refractivity contribution in [2.75, 3.05) is 31.5 Å². The SMILES string of the molecule is O=C(CC(F)(F)F)N1CCN(C(=O)Nc2nccs2)CC1. The summed E-state index contributed by atoms with van der Waals surface area (Å²) in [5, 5.41) is 4.75. The zero-order chi connectivity index (χ0) is 15.5. The molecule has 1 saturated heterocycles. The Hall–Kier alpha value is -1.84. The first-order chi connectivity index (χ1) is 9.85. The predicted molar refractivity (Wildman–Crippen MR) is 70.0 cm³/mol. The first-order valence-electron chi connectivity index (χ1n) is 6.15. The van der Waals surface area contributed by atoms with Crippen LogP contribution in [0.3, 0.4) is 0 Å². The van der Waals surface area contributed by atoms with Gasteiger partial charge in [-0.1, -0.05) is 0 Å². The van der Waals surface area contributed by atoms with Crippen LogP contribution < -0.4 is 5.32 Å². The third-order valence-corrected chi connectivity index (χ3v) is 3.61. The van der Waals surface area contributed by atoms with Gasteiger partial charge in [-0.05, 0) is 0 Å². The number of hydrogen-bond donors (Lipinski definition) is 1. The molecule has 3 amide bonds. The molecule has 1 aromatic rings. The Balaban J connectivity index is 1.80. The molecule has 0 aromatic carbocycles. The fraction of sp³-hybridized carbons (Fsp3) is 0.545. The van der Waals surface area contributed by atoms with Crippen LogP contribution in [0.1, 0.15) is 6.42 Å². The summed E-state index contributed by atoms with van der Waals surface area (Å²) in [6.07, 6.45) is -4.41. The number of alkyl halides is 3. The van der Waals surface area contributed by atoms with Crippen molar-refractivity contribution >= 4 is 28.4 Å². The van der Waals surface area contributed by atoms with E-state index < -0.39 is 18.5 Å². The Bertz CT molecular complexity index is 498. The number of urea groups is 1. The Labute approximate surface area is 122 Å². The second kappa shape index (κ2) is 6.29. The summed E-state index contributed by atoms with van der Waals surface area (Å²) in [5.74, 6) is -0.956. The standard InChI is InChI=1S/C11H13F3N4O2S/c12-11(13,14)7-8(19)17-2-4-18(5-3-17)10(20)16-9-15-1-6-21-9/h1,6H,2-5,7H2,(H,15,16,20). The number of nitrogens with zero attached hydrogens (tertiary/aromatic N) is 3. The monoisotopic (exact) mass is 322 g/mol. The van der Waals surface area contributed by atoms with Gasteiger partial charge < -0.3 is 9.80 Å². The first-order valence-corrected chi connectivity index (χ1v) is 7.03. The number of hydrogen-bond acceptors (Lipinski definition) is 4. The van der Waals surface area contributed by atoms with E-state index in [4.69, 9.17) is 0 Å². The molecule has 0 saturated carbocycles. The molecule has 2 rings (SSSR count). The van der Waals surface area contributed by atoms with Crippen LogP contribution in [0.25, 0.3) is 0 Å². The largest absolute Gasteiger partial charge is 0.397 e. The van der Waals surface area contributed by atoms with Crippen LogP contribution in [0, 0.1) is 0 Å². The van der Waals surface area contributed by atoms with E-state index in [-0.39, 0.29) is 32.2 Å². The predicted octanol–water partition coefficient (Wildman–Crippen LogP) is 1.77. The number of carbonyl (C=O) groups excluding carboxylic acids is 2. The van der Waals surface area contributed by atoms with Crippen molar-refractivity contribution in [3.8, 4) is 0 Å². The van der Waals surface area contributed by atoms with Gasteiger partial charge >= 0.3 is 12.2 Å². The Kier molecular flexibility index (Phi) is 4.66. The van der Waals surface area contributed by atoms with E-state index in [0.717, 1.165) is 4.90 Å². The number of anilines is 1. The molecular formula is C11H13F3N4O2S. The van der Waals surface area contributed by atoms with Crippen LogP contribution in [-0.4, -0.2) is 59.1 Å². The van der Waals surface area contributed by atoms with Crippen molar-refractivity contribution in [1.29, 1.82) is 0 Å². The highest BCUT2D eigenvalue weighted by molar-refractivity contribution is 7.13. The Morgan fingerprint density at radius 3 is 2.38 bits per heavy atom. The zero-order valence-corrected chi connectivity index (χ0v) is 11.7. The number of halogens is 3. The molecule has 0 atom stereocenters. The van der Waals surface area contributed by atoms with E-state index in [2.05, 4.69) is 10.3 Å². The van der Waals surface area contributed by atoms with Crippen molar-refractivity contribution < 1.29 is 22.8 Å². The van der Waals surface area contributed by atoms with Crippen LogP contribution in [0.15, 0.2) is 11.6 Å². The number of aromatic nitrogens is 1. The lowest BCUT2D eigenvalue weighted by atomic mass is 10.3. The number of piperazine rings is 1. The summed E-state index contributed by atoms with van der Waals surface area (Å²) in [6.45, 7) is 0.585. The van der Waals surface area contributed by atoms with E-state index in [1.807, 2.05) is 0 Å². The molecule has 10 heteroatoms. The molecule has 21 heavy (non-hydrogen) atoms. The topological polar surface area (TPSA) is 65.5 Å². The minimum Gasteiger partial charge on any atom is -0.339 e. The van der Waals surface area contributed by atoms with Crippen LogP contribution in [-0.2, 0) is 4.79 Å². The summed E-state index contributed by atoms with van der Waals surface area (Å²) in [4.78, 5) is 29.8. The van der Waals surface area contributed by atoms with E-state index in [0.29, 0.717) is 5.13 Å². The molecule has 0 aliphatic carbocycles. The molecule has 2 heterocycles. The quantitative estimate of drug-likeness (QED) is 0.902. The van der Waals surface area contributed by atoms with Crippen molar-refractivity contribution in [3.63, 3.8) is 0 Å². The van der Waals surface area contributed by atoms with Crippen molar-refractivity contribution in [2.45, 2.75) is 12.6 Å². The molecule has 0 spiro atoms. The van der Waals surface area contributed by atoms with E-state index in [1.165, 1.54) is 16.2 Å². The highest BCUT2D eigenvalue weighted by Gasteiger charge is 2.34. The molecule has 6 nitrogen and oxygen atoms in total. The molecule has 0 bridgehead atoms. The lowest BCUT2D eigenvalue weighted by Crippen LogP contribution is -2.52. The summed E-state index contributed by atoms with van der Waals surface area (Å²) in [5.41, 5.74) is 0. The summed E-state index contributed by atoms with van der Waals surface area (Å²) in [6, 6.07) is -0.368. The molecular weight excluding hydrogens is 309 g/mol. The number of thiazole rings is 1. The number of rotatable bonds is 2. The first kappa shape index (κ1) is 15.5. The van der Waals surface area contributed by atoms with Gasteiger partial charge in [-0.3, -0.25) is 10.1 Å². The fourth-order valence-corrected chi connectivity index (χ4v) is 2.42. The van der Waals surface area contributed by atoms with Gasteiger partial charge in [-0.15, -0.1) is 11.3 Å². The van der Waals surface area contributed by atoms with Gasteiger partial charge in [0.25, 0.3) is 0 Å². The van der Waals surface area contributed by atoms with Crippen molar-refractivity contribution in [3.05, 3.63) is 11.6 Å². The molecule has 1 N–H and O–H groups in total. The summed E-state index contributed by atoms with van der Waals surface area (Å²) < 4.78 is 36.4. The third-order valence-electron chi connectivity index (χ3n) is 2.92. The molecule has 1 aliphatic rings. The average molecular weight is 322 g/mol. The van der Waals surface area contributed by atoms with Crippen LogP contribution in [0.2, 0.25) is 0 Å². The molecule has 1 fully saturated rings. The minimum atomic E-state index is -4.50. The summed E-state index contributed by atoms with van der Waals surface area (Å²) in [7, 11) is 0. The number of amides is 3. The van der Waals surface area contributed by atoms with Crippen LogP contribution >= 0.6 is 11.3 Å². The maximum atomic E-state index is 12.1. The van der Waals surface area contributed by atoms with Gasteiger partial charge in [-0.2, -0.15) is 13.2 Å². The van der Waals surface area contributed by atoms with Gasteiger partial charge in [0.2, 0.25) is 5.91 Å². The van der Waals surface area contributed by atoms with Crippen molar-refractivity contribution in [1.82, 2.24) is 14.8 Å². The molecule has 0 unspecified atom stereocenters. The Morgan fingerprint density at radius 1 is 1.24 bits per heavy atom. The third kappa shape index (κ3) is 4.59. The molecule has 1 aromatic heterocycles. The highest BCUT2D eigenvalue weighted by atomic mass is 32.1. The lowest BCUT2D eigenvalue weighted by Gasteiger charge is -2.34. The normalized spacial score (nSPS) is 16.0. The van der Waals surface area contributed by atoms with Gasteiger partial charge in [0, 0.05) is 37.8 Å². The second-order valence-electron chi connectivity index (χ2n) is 4.43. The maximum absolute atomic E-state index is 12.1. The molecule has 116 valence electrons. The van der Waals surface area contributed by atoms with Gasteiger partial charge in [0.05, 0.1) is 0 Å². The van der Waals surface area contributed by atoms with E-state index in [9.17, 15) is 22.8 Å². The second-order valence-corrected chi connectivity index (χ2v) is 5.32. The maximum Gasteiger partial charge on any atom is 0.397 e. The summed E-state index contributed by atoms with van der Waals surface area (Å²) >= 11 is 1.27. The number of carbonyl (C=O) groups is 2. The average Bonchev–Trinajstić information content (AvgIpc) is 2.90. The van der Waals surface area contributed by atoms with Crippen molar-refractivity contribution in [2.24, 2.45) is 0 Å². The zero-order valence-electron chi connectivity index (χ0n) is 10.9. The fourth-order valence-electron chi connectivity index (χ4n) is 1.90. The van der Waals surface area contributed by atoms with Gasteiger partial charge in [0.1, 0.15) is 6.42 Å². The van der Waals surface area contributed by atoms with Crippen LogP contribution in [0.4, 0.5) is 23.1 Å². The minimum absolute atomic E-state index is 0.0974. The Morgan fingerprint density at radius 2 is 1.86 bits per heavy atom. The van der Waals surface area contributed by atoms with Crippen LogP contribution in [0.5, 0.6) is 0 Å². The molecule has 1 aliphatic heterocycles. The van der Waals surface area contributed by atoms with E-state index in [1.54, 1.807) is 11.6 Å². The lowest BCUT2D eigenvalue weighted by molar-refractivity contribution is -0.162. The van der Waals surface area contributed by atoms with Gasteiger partial charge in [0.15, 0.2) is 5.13 Å². The van der Waals surface area contributed by atoms with E-state index >= 15 is 0 Å². The highest BCUT2D eigenvalue weighted by Crippen LogP contribution is 2.21. The smallest absolute Gasteiger partial charge is 0.339 e. The number of nitrogens with one attached hydrogen (secondary N) is 1. The van der Waals surface area contributed by atoms with Gasteiger partial charge in [-0.25, -0.2) is 9.78 Å².